The smallest absolute Gasteiger partial charge is 0.124 e. The first-order chi connectivity index (χ1) is 9.67. The van der Waals surface area contributed by atoms with E-state index in [9.17, 15) is 0 Å². The van der Waals surface area contributed by atoms with Gasteiger partial charge in [0.2, 0.25) is 0 Å². The van der Waals surface area contributed by atoms with Crippen LogP contribution in [0.15, 0.2) is 35.8 Å². The van der Waals surface area contributed by atoms with Gasteiger partial charge in [0.05, 0.1) is 18.5 Å². The number of aryl methyl sites for hydroxylation is 2. The topological polar surface area (TPSA) is 39.9 Å². The van der Waals surface area contributed by atoms with E-state index in [0.717, 1.165) is 33.3 Å². The highest BCUT2D eigenvalue weighted by molar-refractivity contribution is 7.13. The van der Waals surface area contributed by atoms with Gasteiger partial charge in [-0.2, -0.15) is 5.10 Å². The van der Waals surface area contributed by atoms with Gasteiger partial charge in [-0.15, -0.1) is 11.3 Å². The predicted molar refractivity (Wildman–Crippen MR) is 81.0 cm³/mol. The van der Waals surface area contributed by atoms with Crippen molar-refractivity contribution in [3.8, 4) is 27.6 Å². The molecular formula is C15H15N3OS. The zero-order valence-electron chi connectivity index (χ0n) is 11.6. The molecule has 0 spiro atoms. The van der Waals surface area contributed by atoms with Crippen LogP contribution >= 0.6 is 11.3 Å². The van der Waals surface area contributed by atoms with Crippen molar-refractivity contribution in [2.75, 3.05) is 7.11 Å². The van der Waals surface area contributed by atoms with Crippen molar-refractivity contribution in [3.63, 3.8) is 0 Å². The summed E-state index contributed by atoms with van der Waals surface area (Å²) in [7, 11) is 3.59. The SMILES string of the molecule is COc1ccc(-c2nc(-c3cn(C)nc3C)cs2)cc1. The summed E-state index contributed by atoms with van der Waals surface area (Å²) in [5.41, 5.74) is 4.16. The highest BCUT2D eigenvalue weighted by atomic mass is 32.1. The monoisotopic (exact) mass is 285 g/mol. The first kappa shape index (κ1) is 12.9. The molecule has 0 amide bonds. The van der Waals surface area contributed by atoms with Crippen LogP contribution in [0.3, 0.4) is 0 Å². The van der Waals surface area contributed by atoms with E-state index in [-0.39, 0.29) is 0 Å². The summed E-state index contributed by atoms with van der Waals surface area (Å²) >= 11 is 1.64. The van der Waals surface area contributed by atoms with E-state index in [1.165, 1.54) is 0 Å². The van der Waals surface area contributed by atoms with Gasteiger partial charge in [0, 0.05) is 29.8 Å². The minimum Gasteiger partial charge on any atom is -0.497 e. The Morgan fingerprint density at radius 1 is 1.20 bits per heavy atom. The second-order valence-corrected chi connectivity index (χ2v) is 5.43. The molecule has 3 rings (SSSR count). The molecule has 0 radical (unpaired) electrons. The molecule has 0 atom stereocenters. The largest absolute Gasteiger partial charge is 0.497 e. The number of methoxy groups -OCH3 is 1. The third-order valence-electron chi connectivity index (χ3n) is 3.13. The number of ether oxygens (including phenoxy) is 1. The van der Waals surface area contributed by atoms with Gasteiger partial charge in [0.15, 0.2) is 0 Å². The van der Waals surface area contributed by atoms with Crippen LogP contribution in [0.2, 0.25) is 0 Å². The van der Waals surface area contributed by atoms with E-state index in [1.54, 1.807) is 18.4 Å². The molecule has 0 unspecified atom stereocenters. The Labute approximate surface area is 121 Å². The number of rotatable bonds is 3. The summed E-state index contributed by atoms with van der Waals surface area (Å²) in [5, 5.41) is 7.44. The van der Waals surface area contributed by atoms with Crippen LogP contribution < -0.4 is 4.74 Å². The summed E-state index contributed by atoms with van der Waals surface area (Å²) in [6.45, 7) is 2.00. The Morgan fingerprint density at radius 2 is 1.95 bits per heavy atom. The highest BCUT2D eigenvalue weighted by Crippen LogP contribution is 2.30. The Hall–Kier alpha value is -2.14. The molecule has 0 aliphatic carbocycles. The van der Waals surface area contributed by atoms with Gasteiger partial charge in [-0.1, -0.05) is 0 Å². The number of thiazole rings is 1. The van der Waals surface area contributed by atoms with E-state index in [1.807, 2.05) is 49.1 Å². The van der Waals surface area contributed by atoms with Gasteiger partial charge in [0.1, 0.15) is 10.8 Å². The number of nitrogens with zero attached hydrogens (tertiary/aromatic N) is 3. The van der Waals surface area contributed by atoms with Crippen molar-refractivity contribution in [1.29, 1.82) is 0 Å². The fourth-order valence-corrected chi connectivity index (χ4v) is 2.94. The molecule has 1 aromatic carbocycles. The minimum absolute atomic E-state index is 0.855. The lowest BCUT2D eigenvalue weighted by molar-refractivity contribution is 0.415. The zero-order chi connectivity index (χ0) is 14.1. The average molecular weight is 285 g/mol. The second-order valence-electron chi connectivity index (χ2n) is 4.57. The lowest BCUT2D eigenvalue weighted by Crippen LogP contribution is -1.86. The summed E-state index contributed by atoms with van der Waals surface area (Å²) in [6.07, 6.45) is 2.00. The van der Waals surface area contributed by atoms with Gasteiger partial charge >= 0.3 is 0 Å². The maximum atomic E-state index is 5.17. The normalized spacial score (nSPS) is 10.8. The molecule has 2 aromatic heterocycles. The van der Waals surface area contributed by atoms with Crippen LogP contribution in [-0.4, -0.2) is 21.9 Å². The van der Waals surface area contributed by atoms with E-state index >= 15 is 0 Å². The van der Waals surface area contributed by atoms with Crippen molar-refractivity contribution in [1.82, 2.24) is 14.8 Å². The maximum absolute atomic E-state index is 5.17. The number of aromatic nitrogens is 3. The second kappa shape index (κ2) is 5.09. The molecule has 3 aromatic rings. The van der Waals surface area contributed by atoms with Crippen LogP contribution in [0.25, 0.3) is 21.8 Å². The number of hydrogen-bond donors (Lipinski definition) is 0. The standard InChI is InChI=1S/C15H15N3OS/c1-10-13(8-18(2)17-10)14-9-20-15(16-14)11-4-6-12(19-3)7-5-11/h4-9H,1-3H3. The van der Waals surface area contributed by atoms with E-state index in [2.05, 4.69) is 10.5 Å². The molecule has 20 heavy (non-hydrogen) atoms. The molecular weight excluding hydrogens is 270 g/mol. The molecule has 5 heteroatoms. The number of hydrogen-bond acceptors (Lipinski definition) is 4. The minimum atomic E-state index is 0.855. The van der Waals surface area contributed by atoms with Gasteiger partial charge in [-0.25, -0.2) is 4.98 Å². The summed E-state index contributed by atoms with van der Waals surface area (Å²) in [5.74, 6) is 0.855. The third-order valence-corrected chi connectivity index (χ3v) is 4.02. The highest BCUT2D eigenvalue weighted by Gasteiger charge is 2.11. The zero-order valence-corrected chi connectivity index (χ0v) is 12.4. The molecule has 0 fully saturated rings. The first-order valence-corrected chi connectivity index (χ1v) is 7.16. The lowest BCUT2D eigenvalue weighted by Gasteiger charge is -2.00. The van der Waals surface area contributed by atoms with Crippen LogP contribution in [0.5, 0.6) is 5.75 Å². The molecule has 2 heterocycles. The van der Waals surface area contributed by atoms with Gasteiger partial charge in [0.25, 0.3) is 0 Å². The van der Waals surface area contributed by atoms with Crippen LogP contribution in [0, 0.1) is 6.92 Å². The van der Waals surface area contributed by atoms with Gasteiger partial charge < -0.3 is 4.74 Å². The fraction of sp³-hybridized carbons (Fsp3) is 0.200. The summed E-state index contributed by atoms with van der Waals surface area (Å²) < 4.78 is 6.99. The fourth-order valence-electron chi connectivity index (χ4n) is 2.11. The molecule has 0 saturated carbocycles. The van der Waals surface area contributed by atoms with Gasteiger partial charge in [-0.05, 0) is 31.2 Å². The van der Waals surface area contributed by atoms with Crippen molar-refractivity contribution in [2.45, 2.75) is 6.92 Å². The molecule has 102 valence electrons. The molecule has 0 N–H and O–H groups in total. The quantitative estimate of drug-likeness (QED) is 0.739. The Balaban J connectivity index is 1.95. The maximum Gasteiger partial charge on any atom is 0.124 e. The Kier molecular flexibility index (Phi) is 3.28. The van der Waals surface area contributed by atoms with Crippen molar-refractivity contribution < 1.29 is 4.74 Å². The lowest BCUT2D eigenvalue weighted by atomic mass is 10.2. The van der Waals surface area contributed by atoms with Gasteiger partial charge in [-0.3, -0.25) is 4.68 Å². The first-order valence-electron chi connectivity index (χ1n) is 6.28. The van der Waals surface area contributed by atoms with Crippen LogP contribution in [0.4, 0.5) is 0 Å². The van der Waals surface area contributed by atoms with E-state index < -0.39 is 0 Å². The average Bonchev–Trinajstić information content (AvgIpc) is 3.05. The molecule has 0 aliphatic heterocycles. The molecule has 0 aliphatic rings. The Bertz CT molecular complexity index is 728. The summed E-state index contributed by atoms with van der Waals surface area (Å²) in [4.78, 5) is 4.70. The molecule has 4 nitrogen and oxygen atoms in total. The van der Waals surface area contributed by atoms with Crippen molar-refractivity contribution >= 4 is 11.3 Å². The number of benzene rings is 1. The van der Waals surface area contributed by atoms with E-state index in [4.69, 9.17) is 9.72 Å². The van der Waals surface area contributed by atoms with Crippen LogP contribution in [0.1, 0.15) is 5.69 Å². The van der Waals surface area contributed by atoms with E-state index in [0.29, 0.717) is 0 Å². The predicted octanol–water partition coefficient (Wildman–Crippen LogP) is 3.53. The molecule has 0 bridgehead atoms. The third kappa shape index (κ3) is 2.32. The summed E-state index contributed by atoms with van der Waals surface area (Å²) in [6, 6.07) is 7.95. The van der Waals surface area contributed by atoms with Crippen molar-refractivity contribution in [2.24, 2.45) is 7.05 Å². The van der Waals surface area contributed by atoms with Crippen molar-refractivity contribution in [3.05, 3.63) is 41.5 Å². The molecule has 0 saturated heterocycles. The van der Waals surface area contributed by atoms with Crippen LogP contribution in [-0.2, 0) is 7.05 Å². The Morgan fingerprint density at radius 3 is 2.55 bits per heavy atom.